The number of hydrogen-bond donors (Lipinski definition) is 1. The van der Waals surface area contributed by atoms with Crippen LogP contribution in [-0.2, 0) is 14.4 Å². The maximum Gasteiger partial charge on any atom is 0.312 e. The lowest BCUT2D eigenvalue weighted by Gasteiger charge is -2.33. The van der Waals surface area contributed by atoms with Gasteiger partial charge in [0, 0.05) is 38.3 Å². The molecule has 2 heterocycles. The van der Waals surface area contributed by atoms with Crippen LogP contribution < -0.4 is 5.32 Å². The second-order valence-electron chi connectivity index (χ2n) is 6.60. The number of benzene rings is 1. The minimum atomic E-state index is -0.597. The highest BCUT2D eigenvalue weighted by Crippen LogP contribution is 2.22. The van der Waals surface area contributed by atoms with Crippen molar-refractivity contribution in [1.29, 1.82) is 0 Å². The first-order valence-electron chi connectivity index (χ1n) is 8.86. The van der Waals surface area contributed by atoms with E-state index in [0.717, 1.165) is 15.2 Å². The van der Waals surface area contributed by atoms with Gasteiger partial charge in [-0.2, -0.15) is 0 Å². The lowest BCUT2D eigenvalue weighted by atomic mass is 10.2. The highest BCUT2D eigenvalue weighted by atomic mass is 32.1. The van der Waals surface area contributed by atoms with Crippen LogP contribution >= 0.6 is 11.3 Å². The molecule has 0 spiro atoms. The smallest absolute Gasteiger partial charge is 0.312 e. The Morgan fingerprint density at radius 2 is 1.78 bits per heavy atom. The maximum atomic E-state index is 12.4. The first-order chi connectivity index (χ1) is 12.9. The molecule has 7 nitrogen and oxygen atoms in total. The zero-order valence-corrected chi connectivity index (χ0v) is 16.2. The SMILES string of the molecule is CC(C)NC(=O)C(=O)N1CCN(C(=O)/C=C/c2nc3ccccc3s2)CC1. The van der Waals surface area contributed by atoms with Crippen molar-refractivity contribution in [1.82, 2.24) is 20.1 Å². The van der Waals surface area contributed by atoms with Crippen LogP contribution in [0.3, 0.4) is 0 Å². The quantitative estimate of drug-likeness (QED) is 0.640. The van der Waals surface area contributed by atoms with Gasteiger partial charge in [-0.05, 0) is 32.1 Å². The lowest BCUT2D eigenvalue weighted by molar-refractivity contribution is -0.148. The van der Waals surface area contributed by atoms with E-state index in [1.54, 1.807) is 24.8 Å². The predicted molar refractivity (Wildman–Crippen MR) is 105 cm³/mol. The average molecular weight is 386 g/mol. The molecule has 1 aromatic carbocycles. The van der Waals surface area contributed by atoms with Gasteiger partial charge in [-0.3, -0.25) is 14.4 Å². The second-order valence-corrected chi connectivity index (χ2v) is 7.66. The highest BCUT2D eigenvalue weighted by Gasteiger charge is 2.27. The number of para-hydroxylation sites is 1. The zero-order valence-electron chi connectivity index (χ0n) is 15.3. The van der Waals surface area contributed by atoms with Crippen LogP contribution in [0.25, 0.3) is 16.3 Å². The van der Waals surface area contributed by atoms with Gasteiger partial charge in [-0.15, -0.1) is 11.3 Å². The molecule has 1 aliphatic heterocycles. The van der Waals surface area contributed by atoms with E-state index in [0.29, 0.717) is 26.2 Å². The monoisotopic (exact) mass is 386 g/mol. The topological polar surface area (TPSA) is 82.6 Å². The molecule has 1 fully saturated rings. The van der Waals surface area contributed by atoms with Crippen molar-refractivity contribution in [2.75, 3.05) is 26.2 Å². The Kier molecular flexibility index (Phi) is 5.85. The third-order valence-electron chi connectivity index (χ3n) is 4.17. The number of nitrogens with zero attached hydrogens (tertiary/aromatic N) is 3. The molecule has 1 aromatic heterocycles. The molecule has 0 saturated carbocycles. The molecular weight excluding hydrogens is 364 g/mol. The van der Waals surface area contributed by atoms with E-state index in [1.807, 2.05) is 24.3 Å². The molecule has 142 valence electrons. The molecule has 3 rings (SSSR count). The van der Waals surface area contributed by atoms with Crippen molar-refractivity contribution in [2.24, 2.45) is 0 Å². The van der Waals surface area contributed by atoms with Crippen molar-refractivity contribution in [3.8, 4) is 0 Å². The minimum absolute atomic E-state index is 0.0861. The van der Waals surface area contributed by atoms with Gasteiger partial charge in [-0.25, -0.2) is 4.98 Å². The third kappa shape index (κ3) is 4.71. The molecule has 2 aromatic rings. The fourth-order valence-corrected chi connectivity index (χ4v) is 3.68. The molecule has 0 bridgehead atoms. The van der Waals surface area contributed by atoms with E-state index in [9.17, 15) is 14.4 Å². The van der Waals surface area contributed by atoms with Gasteiger partial charge < -0.3 is 15.1 Å². The molecule has 1 N–H and O–H groups in total. The van der Waals surface area contributed by atoms with Crippen molar-refractivity contribution in [3.05, 3.63) is 35.3 Å². The number of carbonyl (C=O) groups is 3. The number of thiazole rings is 1. The summed E-state index contributed by atoms with van der Waals surface area (Å²) in [5, 5.41) is 3.38. The molecule has 0 radical (unpaired) electrons. The largest absolute Gasteiger partial charge is 0.346 e. The number of piperazine rings is 1. The number of fused-ring (bicyclic) bond motifs is 1. The number of amides is 3. The Labute approximate surface area is 161 Å². The summed E-state index contributed by atoms with van der Waals surface area (Å²) in [6.45, 7) is 5.13. The summed E-state index contributed by atoms with van der Waals surface area (Å²) in [6, 6.07) is 7.75. The Morgan fingerprint density at radius 3 is 2.44 bits per heavy atom. The fraction of sp³-hybridized carbons (Fsp3) is 0.368. The van der Waals surface area contributed by atoms with Crippen molar-refractivity contribution < 1.29 is 14.4 Å². The molecule has 0 atom stereocenters. The van der Waals surface area contributed by atoms with Gasteiger partial charge in [0.1, 0.15) is 5.01 Å². The van der Waals surface area contributed by atoms with Crippen molar-refractivity contribution >= 4 is 45.4 Å². The molecule has 0 aliphatic carbocycles. The van der Waals surface area contributed by atoms with Crippen molar-refractivity contribution in [2.45, 2.75) is 19.9 Å². The normalized spacial score (nSPS) is 14.9. The van der Waals surface area contributed by atoms with Crippen LogP contribution in [0, 0.1) is 0 Å². The fourth-order valence-electron chi connectivity index (χ4n) is 2.81. The third-order valence-corrected chi connectivity index (χ3v) is 5.17. The Bertz CT molecular complexity index is 849. The number of carbonyl (C=O) groups excluding carboxylic acids is 3. The Morgan fingerprint density at radius 1 is 1.11 bits per heavy atom. The van der Waals surface area contributed by atoms with E-state index in [2.05, 4.69) is 10.3 Å². The van der Waals surface area contributed by atoms with Gasteiger partial charge in [0.15, 0.2) is 0 Å². The van der Waals surface area contributed by atoms with Gasteiger partial charge in [-0.1, -0.05) is 12.1 Å². The summed E-state index contributed by atoms with van der Waals surface area (Å²) in [6.07, 6.45) is 3.24. The first-order valence-corrected chi connectivity index (χ1v) is 9.68. The molecule has 1 saturated heterocycles. The van der Waals surface area contributed by atoms with Crippen LogP contribution in [0.1, 0.15) is 18.9 Å². The molecule has 3 amide bonds. The minimum Gasteiger partial charge on any atom is -0.346 e. The van der Waals surface area contributed by atoms with E-state index < -0.39 is 11.8 Å². The second kappa shape index (κ2) is 8.30. The van der Waals surface area contributed by atoms with E-state index >= 15 is 0 Å². The number of hydrogen-bond acceptors (Lipinski definition) is 5. The summed E-state index contributed by atoms with van der Waals surface area (Å²) in [4.78, 5) is 43.9. The van der Waals surface area contributed by atoms with Gasteiger partial charge in [0.25, 0.3) is 0 Å². The highest BCUT2D eigenvalue weighted by molar-refractivity contribution is 7.19. The maximum absolute atomic E-state index is 12.4. The number of nitrogens with one attached hydrogen (secondary N) is 1. The zero-order chi connectivity index (χ0) is 19.4. The lowest BCUT2D eigenvalue weighted by Crippen LogP contribution is -2.54. The molecular formula is C19H22N4O3S. The Hall–Kier alpha value is -2.74. The Balaban J connectivity index is 1.53. The summed E-state index contributed by atoms with van der Waals surface area (Å²) >= 11 is 1.53. The molecule has 1 aliphatic rings. The van der Waals surface area contributed by atoms with Crippen LogP contribution in [0.5, 0.6) is 0 Å². The van der Waals surface area contributed by atoms with E-state index in [-0.39, 0.29) is 11.9 Å². The number of aromatic nitrogens is 1. The van der Waals surface area contributed by atoms with E-state index in [1.165, 1.54) is 22.3 Å². The number of rotatable bonds is 3. The van der Waals surface area contributed by atoms with Gasteiger partial charge in [0.2, 0.25) is 5.91 Å². The summed E-state index contributed by atoms with van der Waals surface area (Å²) < 4.78 is 1.08. The predicted octanol–water partition coefficient (Wildman–Crippen LogP) is 1.50. The average Bonchev–Trinajstić information content (AvgIpc) is 3.08. The summed E-state index contributed by atoms with van der Waals surface area (Å²) in [5.41, 5.74) is 0.918. The van der Waals surface area contributed by atoms with Crippen LogP contribution in [-0.4, -0.2) is 64.7 Å². The summed E-state index contributed by atoms with van der Waals surface area (Å²) in [7, 11) is 0. The van der Waals surface area contributed by atoms with Crippen LogP contribution in [0.2, 0.25) is 0 Å². The standard InChI is InChI=1S/C19H22N4O3S/c1-13(2)20-18(25)19(26)23-11-9-22(10-12-23)17(24)8-7-16-21-14-5-3-4-6-15(14)27-16/h3-8,13H,9-12H2,1-2H3,(H,20,25)/b8-7+. The van der Waals surface area contributed by atoms with Crippen LogP contribution in [0.4, 0.5) is 0 Å². The van der Waals surface area contributed by atoms with Gasteiger partial charge in [0.05, 0.1) is 10.2 Å². The molecule has 0 unspecified atom stereocenters. The van der Waals surface area contributed by atoms with Crippen LogP contribution in [0.15, 0.2) is 30.3 Å². The molecule has 27 heavy (non-hydrogen) atoms. The van der Waals surface area contributed by atoms with Crippen molar-refractivity contribution in [3.63, 3.8) is 0 Å². The summed E-state index contributed by atoms with van der Waals surface area (Å²) in [5.74, 6) is -1.26. The van der Waals surface area contributed by atoms with Gasteiger partial charge >= 0.3 is 11.8 Å². The molecule has 8 heteroatoms. The first kappa shape index (κ1) is 19.0. The van der Waals surface area contributed by atoms with E-state index in [4.69, 9.17) is 0 Å².